The Labute approximate surface area is 133 Å². The molecule has 2 rings (SSSR count). The molecule has 0 aromatic carbocycles. The second kappa shape index (κ2) is 6.08. The van der Waals surface area contributed by atoms with E-state index in [0.717, 1.165) is 4.90 Å². The minimum Gasteiger partial charge on any atom is -0.465 e. The van der Waals surface area contributed by atoms with Crippen LogP contribution in [0.2, 0.25) is 0 Å². The van der Waals surface area contributed by atoms with E-state index in [-0.39, 0.29) is 18.4 Å². The number of esters is 1. The average molecular weight is 324 g/mol. The van der Waals surface area contributed by atoms with Crippen molar-refractivity contribution in [2.24, 2.45) is 5.92 Å². The van der Waals surface area contributed by atoms with E-state index >= 15 is 0 Å². The predicted molar refractivity (Wildman–Crippen MR) is 82.6 cm³/mol. The second-order valence-electron chi connectivity index (χ2n) is 6.02. The summed E-state index contributed by atoms with van der Waals surface area (Å²) in [5.41, 5.74) is -0.263. The zero-order chi connectivity index (χ0) is 16.5. The molecular formula is C15H20N2O4S. The van der Waals surface area contributed by atoms with Gasteiger partial charge in [-0.1, -0.05) is 13.8 Å². The molecule has 1 N–H and O–H groups in total. The summed E-state index contributed by atoms with van der Waals surface area (Å²) in [5, 5.41) is 4.50. The third-order valence-corrected chi connectivity index (χ3v) is 4.54. The van der Waals surface area contributed by atoms with Gasteiger partial charge in [0.2, 0.25) is 0 Å². The Morgan fingerprint density at radius 1 is 1.45 bits per heavy atom. The number of rotatable bonds is 5. The topological polar surface area (TPSA) is 75.7 Å². The maximum atomic E-state index is 12.6. The highest BCUT2D eigenvalue weighted by molar-refractivity contribution is 7.12. The largest absolute Gasteiger partial charge is 0.465 e. The highest BCUT2D eigenvalue weighted by atomic mass is 32.1. The predicted octanol–water partition coefficient (Wildman–Crippen LogP) is 2.39. The van der Waals surface area contributed by atoms with Crippen molar-refractivity contribution >= 4 is 29.2 Å². The summed E-state index contributed by atoms with van der Waals surface area (Å²) >= 11 is 1.23. The van der Waals surface area contributed by atoms with Crippen LogP contribution >= 0.6 is 11.3 Å². The third-order valence-electron chi connectivity index (χ3n) is 3.61. The van der Waals surface area contributed by atoms with Crippen LogP contribution in [0.1, 0.15) is 42.4 Å². The number of thiophene rings is 1. The minimum absolute atomic E-state index is 0.0757. The quantitative estimate of drug-likeness (QED) is 0.666. The molecule has 0 aliphatic carbocycles. The number of nitrogens with zero attached hydrogens (tertiary/aromatic N) is 1. The van der Waals surface area contributed by atoms with Gasteiger partial charge in [0.15, 0.2) is 0 Å². The van der Waals surface area contributed by atoms with Gasteiger partial charge in [0.05, 0.1) is 13.7 Å². The fourth-order valence-electron chi connectivity index (χ4n) is 2.75. The van der Waals surface area contributed by atoms with Crippen molar-refractivity contribution in [1.29, 1.82) is 0 Å². The molecular weight excluding hydrogens is 304 g/mol. The number of methoxy groups -OCH3 is 1. The molecule has 1 aromatic rings. The van der Waals surface area contributed by atoms with Gasteiger partial charge in [0.25, 0.3) is 5.91 Å². The van der Waals surface area contributed by atoms with Crippen LogP contribution in [0.4, 0.5) is 4.79 Å². The fraction of sp³-hybridized carbons (Fsp3) is 0.533. The van der Waals surface area contributed by atoms with Crippen molar-refractivity contribution in [2.45, 2.75) is 39.3 Å². The first-order valence-corrected chi connectivity index (χ1v) is 7.95. The number of hydrogen-bond acceptors (Lipinski definition) is 5. The summed E-state index contributed by atoms with van der Waals surface area (Å²) in [5.74, 6) is -0.434. The lowest BCUT2D eigenvalue weighted by Crippen LogP contribution is -2.44. The van der Waals surface area contributed by atoms with Crippen molar-refractivity contribution in [3.63, 3.8) is 0 Å². The number of imide groups is 1. The molecule has 22 heavy (non-hydrogen) atoms. The summed E-state index contributed by atoms with van der Waals surface area (Å²) in [6, 6.07) is 1.31. The molecule has 6 nitrogen and oxygen atoms in total. The number of hydrogen-bond donors (Lipinski definition) is 1. The molecule has 0 bridgehead atoms. The van der Waals surface area contributed by atoms with Crippen LogP contribution in [0.15, 0.2) is 11.4 Å². The first-order chi connectivity index (χ1) is 10.3. The van der Waals surface area contributed by atoms with Crippen molar-refractivity contribution in [3.8, 4) is 0 Å². The van der Waals surface area contributed by atoms with Crippen molar-refractivity contribution < 1.29 is 19.1 Å². The standard InChI is InChI=1S/C15H20N2O4S/c1-9(2)7-15(3)13(19)17(14(20)16-15)8-10-5-6-22-11(10)12(18)21-4/h5-6,9H,7-8H2,1-4H3,(H,16,20)/t15-/m0/s1. The molecule has 7 heteroatoms. The Morgan fingerprint density at radius 2 is 2.14 bits per heavy atom. The zero-order valence-corrected chi connectivity index (χ0v) is 14.0. The Hall–Kier alpha value is -1.89. The Kier molecular flexibility index (Phi) is 4.55. The van der Waals surface area contributed by atoms with E-state index in [0.29, 0.717) is 16.9 Å². The van der Waals surface area contributed by atoms with Gasteiger partial charge in [-0.15, -0.1) is 11.3 Å². The molecule has 0 unspecified atom stereocenters. The summed E-state index contributed by atoms with van der Waals surface area (Å²) < 4.78 is 4.71. The molecule has 0 radical (unpaired) electrons. The Morgan fingerprint density at radius 3 is 2.73 bits per heavy atom. The van der Waals surface area contributed by atoms with Crippen LogP contribution in [0.5, 0.6) is 0 Å². The monoisotopic (exact) mass is 324 g/mol. The van der Waals surface area contributed by atoms with Gasteiger partial charge in [0.1, 0.15) is 10.4 Å². The lowest BCUT2D eigenvalue weighted by molar-refractivity contribution is -0.131. The van der Waals surface area contributed by atoms with E-state index in [1.807, 2.05) is 13.8 Å². The lowest BCUT2D eigenvalue weighted by Gasteiger charge is -2.23. The van der Waals surface area contributed by atoms with Crippen LogP contribution in [0.3, 0.4) is 0 Å². The molecule has 1 saturated heterocycles. The van der Waals surface area contributed by atoms with Crippen molar-refractivity contribution in [1.82, 2.24) is 10.2 Å². The number of carbonyl (C=O) groups excluding carboxylic acids is 3. The molecule has 1 aromatic heterocycles. The molecule has 0 saturated carbocycles. The van der Waals surface area contributed by atoms with Gasteiger partial charge in [-0.2, -0.15) is 0 Å². The number of carbonyl (C=O) groups is 3. The van der Waals surface area contributed by atoms with Crippen LogP contribution in [0, 0.1) is 5.92 Å². The van der Waals surface area contributed by atoms with E-state index in [1.165, 1.54) is 18.4 Å². The maximum Gasteiger partial charge on any atom is 0.348 e. The molecule has 1 fully saturated rings. The van der Waals surface area contributed by atoms with Gasteiger partial charge < -0.3 is 10.1 Å². The van der Waals surface area contributed by atoms with E-state index in [2.05, 4.69) is 5.32 Å². The van der Waals surface area contributed by atoms with E-state index in [1.54, 1.807) is 18.4 Å². The molecule has 2 heterocycles. The molecule has 1 atom stereocenters. The number of amides is 3. The highest BCUT2D eigenvalue weighted by Gasteiger charge is 2.47. The van der Waals surface area contributed by atoms with Crippen molar-refractivity contribution in [2.75, 3.05) is 7.11 Å². The zero-order valence-electron chi connectivity index (χ0n) is 13.1. The highest BCUT2D eigenvalue weighted by Crippen LogP contribution is 2.28. The Bertz CT molecular complexity index is 610. The SMILES string of the molecule is COC(=O)c1sccc1CN1C(=O)N[C@@](C)(CC(C)C)C1=O. The summed E-state index contributed by atoms with van der Waals surface area (Å²) in [6.07, 6.45) is 0.571. The van der Waals surface area contributed by atoms with Gasteiger partial charge in [-0.25, -0.2) is 9.59 Å². The molecule has 0 spiro atoms. The van der Waals surface area contributed by atoms with E-state index < -0.39 is 17.5 Å². The molecule has 1 aliphatic heterocycles. The van der Waals surface area contributed by atoms with Gasteiger partial charge in [-0.3, -0.25) is 9.69 Å². The Balaban J connectivity index is 2.21. The smallest absolute Gasteiger partial charge is 0.348 e. The normalized spacial score (nSPS) is 21.4. The number of ether oxygens (including phenoxy) is 1. The molecule has 3 amide bonds. The average Bonchev–Trinajstić information content (AvgIpc) is 2.96. The van der Waals surface area contributed by atoms with Crippen molar-refractivity contribution in [3.05, 3.63) is 21.9 Å². The first kappa shape index (κ1) is 16.5. The van der Waals surface area contributed by atoms with Crippen LogP contribution < -0.4 is 5.32 Å². The van der Waals surface area contributed by atoms with Gasteiger partial charge in [-0.05, 0) is 36.3 Å². The van der Waals surface area contributed by atoms with E-state index in [9.17, 15) is 14.4 Å². The fourth-order valence-corrected chi connectivity index (χ4v) is 3.58. The van der Waals surface area contributed by atoms with Gasteiger partial charge >= 0.3 is 12.0 Å². The van der Waals surface area contributed by atoms with Gasteiger partial charge in [0, 0.05) is 0 Å². The van der Waals surface area contributed by atoms with Crippen LogP contribution in [-0.2, 0) is 16.1 Å². The number of nitrogens with one attached hydrogen (secondary N) is 1. The minimum atomic E-state index is -0.882. The van der Waals surface area contributed by atoms with Crippen LogP contribution in [-0.4, -0.2) is 35.5 Å². The lowest BCUT2D eigenvalue weighted by atomic mass is 9.91. The second-order valence-corrected chi connectivity index (χ2v) is 6.93. The summed E-state index contributed by atoms with van der Waals surface area (Å²) in [4.78, 5) is 38.0. The number of urea groups is 1. The molecule has 120 valence electrons. The maximum absolute atomic E-state index is 12.6. The van der Waals surface area contributed by atoms with E-state index in [4.69, 9.17) is 4.74 Å². The molecule has 1 aliphatic rings. The summed E-state index contributed by atoms with van der Waals surface area (Å²) in [7, 11) is 1.30. The summed E-state index contributed by atoms with van der Waals surface area (Å²) in [6.45, 7) is 5.82. The third kappa shape index (κ3) is 2.99. The van der Waals surface area contributed by atoms with Crippen LogP contribution in [0.25, 0.3) is 0 Å². The first-order valence-electron chi connectivity index (χ1n) is 7.07.